The minimum absolute atomic E-state index is 0.0485. The molecule has 0 aliphatic carbocycles. The predicted molar refractivity (Wildman–Crippen MR) is 46.0 cm³/mol. The standard InChI is InChI=1S/C9H10FNO2/c1-2-8(12)6-11-5-7(10)3-4-9(11)13/h3-5H,2,6H2,1H3. The van der Waals surface area contributed by atoms with Crippen molar-refractivity contribution in [2.45, 2.75) is 19.9 Å². The molecule has 1 heterocycles. The molecule has 0 saturated carbocycles. The molecule has 1 aromatic rings. The molecule has 0 fully saturated rings. The molecule has 70 valence electrons. The Bertz CT molecular complexity index is 370. The van der Waals surface area contributed by atoms with E-state index in [4.69, 9.17) is 0 Å². The lowest BCUT2D eigenvalue weighted by atomic mass is 10.3. The molecule has 1 aromatic heterocycles. The van der Waals surface area contributed by atoms with Gasteiger partial charge in [-0.25, -0.2) is 4.39 Å². The van der Waals surface area contributed by atoms with Crippen LogP contribution in [0, 0.1) is 5.82 Å². The Balaban J connectivity index is 2.94. The first kappa shape index (κ1) is 9.64. The molecule has 0 saturated heterocycles. The van der Waals surface area contributed by atoms with E-state index in [2.05, 4.69) is 0 Å². The van der Waals surface area contributed by atoms with Gasteiger partial charge in [-0.15, -0.1) is 0 Å². The van der Waals surface area contributed by atoms with E-state index in [0.29, 0.717) is 6.42 Å². The van der Waals surface area contributed by atoms with Crippen LogP contribution in [-0.2, 0) is 11.3 Å². The summed E-state index contributed by atoms with van der Waals surface area (Å²) in [5.74, 6) is -0.601. The highest BCUT2D eigenvalue weighted by Gasteiger charge is 2.02. The third-order valence-corrected chi connectivity index (χ3v) is 1.69. The second-order valence-electron chi connectivity index (χ2n) is 2.71. The Hall–Kier alpha value is -1.45. The number of hydrogen-bond acceptors (Lipinski definition) is 2. The maximum Gasteiger partial charge on any atom is 0.251 e. The fourth-order valence-corrected chi connectivity index (χ4v) is 0.928. The second-order valence-corrected chi connectivity index (χ2v) is 2.71. The Morgan fingerprint density at radius 1 is 1.54 bits per heavy atom. The van der Waals surface area contributed by atoms with Gasteiger partial charge in [-0.2, -0.15) is 0 Å². The van der Waals surface area contributed by atoms with Crippen molar-refractivity contribution in [1.82, 2.24) is 4.57 Å². The summed E-state index contributed by atoms with van der Waals surface area (Å²) in [5.41, 5.74) is -0.358. The summed E-state index contributed by atoms with van der Waals surface area (Å²) in [6.07, 6.45) is 1.39. The Morgan fingerprint density at radius 2 is 2.23 bits per heavy atom. The number of carbonyl (C=O) groups is 1. The van der Waals surface area contributed by atoms with Gasteiger partial charge in [-0.1, -0.05) is 6.92 Å². The lowest BCUT2D eigenvalue weighted by molar-refractivity contribution is -0.119. The average molecular weight is 183 g/mol. The van der Waals surface area contributed by atoms with Gasteiger partial charge in [0.15, 0.2) is 5.78 Å². The molecule has 1 rings (SSSR count). The maximum absolute atomic E-state index is 12.6. The molecular formula is C9H10FNO2. The van der Waals surface area contributed by atoms with Gasteiger partial charge in [0.1, 0.15) is 5.82 Å². The fraction of sp³-hybridized carbons (Fsp3) is 0.333. The number of carbonyl (C=O) groups excluding carboxylic acids is 1. The summed E-state index contributed by atoms with van der Waals surface area (Å²) >= 11 is 0. The van der Waals surface area contributed by atoms with E-state index in [1.54, 1.807) is 6.92 Å². The first-order valence-electron chi connectivity index (χ1n) is 4.01. The summed E-state index contributed by atoms with van der Waals surface area (Å²) in [4.78, 5) is 22.0. The third-order valence-electron chi connectivity index (χ3n) is 1.69. The van der Waals surface area contributed by atoms with E-state index in [9.17, 15) is 14.0 Å². The summed E-state index contributed by atoms with van der Waals surface area (Å²) in [6, 6.07) is 2.19. The number of aromatic nitrogens is 1. The number of pyridine rings is 1. The largest absolute Gasteiger partial charge is 0.305 e. The molecular weight excluding hydrogens is 173 g/mol. The Kier molecular flexibility index (Phi) is 2.95. The van der Waals surface area contributed by atoms with E-state index in [1.807, 2.05) is 0 Å². The molecule has 3 nitrogen and oxygen atoms in total. The number of Topliss-reactive ketones (excluding diaryl/α,β-unsaturated/α-hetero) is 1. The topological polar surface area (TPSA) is 39.1 Å². The van der Waals surface area contributed by atoms with Gasteiger partial charge in [-0.05, 0) is 6.07 Å². The zero-order valence-corrected chi connectivity index (χ0v) is 7.29. The molecule has 0 aromatic carbocycles. The highest BCUT2D eigenvalue weighted by atomic mass is 19.1. The van der Waals surface area contributed by atoms with Crippen LogP contribution in [0.3, 0.4) is 0 Å². The van der Waals surface area contributed by atoms with Gasteiger partial charge in [0, 0.05) is 18.7 Å². The van der Waals surface area contributed by atoms with Crippen molar-refractivity contribution in [3.8, 4) is 0 Å². The van der Waals surface area contributed by atoms with Crippen LogP contribution in [0.1, 0.15) is 13.3 Å². The first-order valence-corrected chi connectivity index (χ1v) is 4.01. The van der Waals surface area contributed by atoms with Gasteiger partial charge in [0.05, 0.1) is 6.54 Å². The zero-order valence-electron chi connectivity index (χ0n) is 7.29. The smallest absolute Gasteiger partial charge is 0.251 e. The van der Waals surface area contributed by atoms with Gasteiger partial charge >= 0.3 is 0 Å². The van der Waals surface area contributed by atoms with Gasteiger partial charge < -0.3 is 4.57 Å². The first-order chi connectivity index (χ1) is 6.13. The molecule has 0 radical (unpaired) electrons. The van der Waals surface area contributed by atoms with Crippen molar-refractivity contribution < 1.29 is 9.18 Å². The van der Waals surface area contributed by atoms with E-state index in [1.165, 1.54) is 0 Å². The van der Waals surface area contributed by atoms with Crippen molar-refractivity contribution in [3.63, 3.8) is 0 Å². The van der Waals surface area contributed by atoms with E-state index < -0.39 is 5.82 Å². The Morgan fingerprint density at radius 3 is 2.85 bits per heavy atom. The molecule has 0 atom stereocenters. The number of halogens is 1. The number of nitrogens with zero attached hydrogens (tertiary/aromatic N) is 1. The lowest BCUT2D eigenvalue weighted by Crippen LogP contribution is -2.22. The third kappa shape index (κ3) is 2.50. The highest BCUT2D eigenvalue weighted by Crippen LogP contribution is 1.93. The van der Waals surface area contributed by atoms with Crippen molar-refractivity contribution in [1.29, 1.82) is 0 Å². The SMILES string of the molecule is CCC(=O)Cn1cc(F)ccc1=O. The van der Waals surface area contributed by atoms with Crippen LogP contribution in [0.2, 0.25) is 0 Å². The fourth-order valence-electron chi connectivity index (χ4n) is 0.928. The number of hydrogen-bond donors (Lipinski definition) is 0. The maximum atomic E-state index is 12.6. The lowest BCUT2D eigenvalue weighted by Gasteiger charge is -2.02. The van der Waals surface area contributed by atoms with Crippen LogP contribution in [0.5, 0.6) is 0 Å². The average Bonchev–Trinajstić information content (AvgIpc) is 2.11. The van der Waals surface area contributed by atoms with Gasteiger partial charge in [0.25, 0.3) is 5.56 Å². The summed E-state index contributed by atoms with van der Waals surface area (Å²) in [7, 11) is 0. The molecule has 0 unspecified atom stereocenters. The predicted octanol–water partition coefficient (Wildman–Crippen LogP) is 0.967. The zero-order chi connectivity index (χ0) is 9.84. The summed E-state index contributed by atoms with van der Waals surface area (Å²) in [6.45, 7) is 1.65. The van der Waals surface area contributed by atoms with Gasteiger partial charge in [0.2, 0.25) is 0 Å². The van der Waals surface area contributed by atoms with E-state index in [0.717, 1.165) is 22.9 Å². The van der Waals surface area contributed by atoms with E-state index >= 15 is 0 Å². The van der Waals surface area contributed by atoms with Crippen LogP contribution >= 0.6 is 0 Å². The van der Waals surface area contributed by atoms with Crippen LogP contribution < -0.4 is 5.56 Å². The molecule has 4 heteroatoms. The van der Waals surface area contributed by atoms with Crippen LogP contribution in [0.15, 0.2) is 23.1 Å². The van der Waals surface area contributed by atoms with Crippen molar-refractivity contribution in [3.05, 3.63) is 34.5 Å². The quantitative estimate of drug-likeness (QED) is 0.700. The second kappa shape index (κ2) is 3.98. The Labute approximate surface area is 74.8 Å². The van der Waals surface area contributed by atoms with Crippen molar-refractivity contribution >= 4 is 5.78 Å². The number of ketones is 1. The molecule has 0 aliphatic heterocycles. The minimum Gasteiger partial charge on any atom is -0.305 e. The molecule has 0 amide bonds. The van der Waals surface area contributed by atoms with Crippen LogP contribution in [-0.4, -0.2) is 10.4 Å². The van der Waals surface area contributed by atoms with Crippen LogP contribution in [0.25, 0.3) is 0 Å². The summed E-state index contributed by atoms with van der Waals surface area (Å²) < 4.78 is 13.7. The van der Waals surface area contributed by atoms with Crippen molar-refractivity contribution in [2.24, 2.45) is 0 Å². The van der Waals surface area contributed by atoms with E-state index in [-0.39, 0.29) is 17.9 Å². The summed E-state index contributed by atoms with van der Waals surface area (Å²) in [5, 5.41) is 0. The molecule has 0 bridgehead atoms. The highest BCUT2D eigenvalue weighted by molar-refractivity contribution is 5.77. The molecule has 0 spiro atoms. The molecule has 0 aliphatic rings. The normalized spacial score (nSPS) is 10.0. The monoisotopic (exact) mass is 183 g/mol. The molecule has 13 heavy (non-hydrogen) atoms. The van der Waals surface area contributed by atoms with Crippen molar-refractivity contribution in [2.75, 3.05) is 0 Å². The van der Waals surface area contributed by atoms with Gasteiger partial charge in [-0.3, -0.25) is 9.59 Å². The number of rotatable bonds is 3. The van der Waals surface area contributed by atoms with Crippen LogP contribution in [0.4, 0.5) is 4.39 Å². The molecule has 0 N–H and O–H groups in total. The minimum atomic E-state index is -0.511.